The molecule has 0 aliphatic rings. The number of benzene rings is 1. The highest BCUT2D eigenvalue weighted by atomic mass is 79.9. The average molecular weight is 301 g/mol. The maximum atomic E-state index is 10.8. The van der Waals surface area contributed by atoms with Crippen molar-refractivity contribution in [3.63, 3.8) is 0 Å². The van der Waals surface area contributed by atoms with Gasteiger partial charge in [-0.15, -0.1) is 0 Å². The minimum absolute atomic E-state index is 0. The number of carbonyl (C=O) groups is 1. The van der Waals surface area contributed by atoms with Crippen LogP contribution in [0.25, 0.3) is 10.2 Å². The zero-order valence-corrected chi connectivity index (χ0v) is 11.3. The number of nitrogens with zero attached hydrogens (tertiary/aromatic N) is 1. The maximum absolute atomic E-state index is 10.8. The molecular weight excluding hydrogens is 288 g/mol. The predicted octanol–water partition coefficient (Wildman–Crippen LogP) is -1.62. The Morgan fingerprint density at radius 3 is 2.81 bits per heavy atom. The summed E-state index contributed by atoms with van der Waals surface area (Å²) in [6.07, 6.45) is 0.395. The standard InChI is InChI=1S/C11H12N2OS.BrH/c1-8-13(7-6-11(12)14)9-4-2-3-5-10(9)15-8;/h2-5H,6-7H2,1H3,(H-,12,14);1H. The van der Waals surface area contributed by atoms with Crippen molar-refractivity contribution in [3.05, 3.63) is 29.3 Å². The molecule has 1 aromatic heterocycles. The van der Waals surface area contributed by atoms with Crippen molar-refractivity contribution in [2.24, 2.45) is 5.73 Å². The summed E-state index contributed by atoms with van der Waals surface area (Å²) in [5.74, 6) is -0.253. The van der Waals surface area contributed by atoms with Gasteiger partial charge in [0, 0.05) is 13.0 Å². The van der Waals surface area contributed by atoms with Gasteiger partial charge < -0.3 is 22.7 Å². The second kappa shape index (κ2) is 5.41. The number of aromatic nitrogens is 1. The first-order valence-electron chi connectivity index (χ1n) is 4.85. The number of para-hydroxylation sites is 1. The minimum Gasteiger partial charge on any atom is -1.00 e. The quantitative estimate of drug-likeness (QED) is 0.681. The van der Waals surface area contributed by atoms with Gasteiger partial charge in [0.25, 0.3) is 0 Å². The van der Waals surface area contributed by atoms with Crippen molar-refractivity contribution in [2.45, 2.75) is 19.9 Å². The van der Waals surface area contributed by atoms with Gasteiger partial charge in [-0.25, -0.2) is 0 Å². The third kappa shape index (κ3) is 2.59. The first-order chi connectivity index (χ1) is 7.18. The van der Waals surface area contributed by atoms with E-state index in [0.29, 0.717) is 13.0 Å². The monoisotopic (exact) mass is 300 g/mol. The zero-order chi connectivity index (χ0) is 10.8. The van der Waals surface area contributed by atoms with E-state index < -0.39 is 0 Å². The van der Waals surface area contributed by atoms with Gasteiger partial charge >= 0.3 is 0 Å². The molecule has 3 nitrogen and oxygen atoms in total. The van der Waals surface area contributed by atoms with Crippen LogP contribution < -0.4 is 27.3 Å². The summed E-state index contributed by atoms with van der Waals surface area (Å²) in [5, 5.41) is 1.21. The van der Waals surface area contributed by atoms with E-state index in [1.807, 2.05) is 12.1 Å². The van der Waals surface area contributed by atoms with Crippen molar-refractivity contribution in [3.8, 4) is 0 Å². The number of thiazole rings is 1. The molecule has 1 heterocycles. The third-order valence-corrected chi connectivity index (χ3v) is 3.46. The number of rotatable bonds is 3. The molecule has 0 unspecified atom stereocenters. The van der Waals surface area contributed by atoms with Crippen LogP contribution in [0.4, 0.5) is 0 Å². The number of halogens is 1. The highest BCUT2D eigenvalue weighted by molar-refractivity contribution is 7.18. The predicted molar refractivity (Wildman–Crippen MR) is 60.6 cm³/mol. The van der Waals surface area contributed by atoms with Gasteiger partial charge in [0.2, 0.25) is 16.4 Å². The fourth-order valence-corrected chi connectivity index (χ4v) is 2.70. The molecule has 0 atom stereocenters. The second-order valence-corrected chi connectivity index (χ2v) is 4.69. The lowest BCUT2D eigenvalue weighted by Gasteiger charge is -1.93. The Bertz CT molecular complexity index is 510. The summed E-state index contributed by atoms with van der Waals surface area (Å²) in [4.78, 5) is 10.8. The molecule has 16 heavy (non-hydrogen) atoms. The van der Waals surface area contributed by atoms with Gasteiger partial charge in [0.1, 0.15) is 4.70 Å². The largest absolute Gasteiger partial charge is 1.00 e. The number of hydrogen-bond acceptors (Lipinski definition) is 2. The minimum atomic E-state index is -0.253. The smallest absolute Gasteiger partial charge is 0.235 e. The Hall–Kier alpha value is -0.940. The highest BCUT2D eigenvalue weighted by Gasteiger charge is 2.16. The van der Waals surface area contributed by atoms with Crippen LogP contribution in [-0.4, -0.2) is 5.91 Å². The number of hydrogen-bond donors (Lipinski definition) is 1. The van der Waals surface area contributed by atoms with Gasteiger partial charge in [0.05, 0.1) is 6.42 Å². The number of aryl methyl sites for hydroxylation is 2. The summed E-state index contributed by atoms with van der Waals surface area (Å²) in [5.41, 5.74) is 6.34. The lowest BCUT2D eigenvalue weighted by molar-refractivity contribution is -0.671. The third-order valence-electron chi connectivity index (χ3n) is 2.38. The molecule has 0 saturated heterocycles. The molecule has 0 spiro atoms. The van der Waals surface area contributed by atoms with E-state index in [2.05, 4.69) is 23.6 Å². The van der Waals surface area contributed by atoms with Crippen molar-refractivity contribution >= 4 is 27.5 Å². The molecule has 1 amide bonds. The van der Waals surface area contributed by atoms with Gasteiger partial charge in [0.15, 0.2) is 6.54 Å². The van der Waals surface area contributed by atoms with Crippen LogP contribution in [0, 0.1) is 6.92 Å². The van der Waals surface area contributed by atoms with E-state index in [0.717, 1.165) is 0 Å². The molecule has 2 aromatic rings. The van der Waals surface area contributed by atoms with Crippen molar-refractivity contribution in [1.29, 1.82) is 0 Å². The Morgan fingerprint density at radius 2 is 2.12 bits per heavy atom. The van der Waals surface area contributed by atoms with E-state index in [1.165, 1.54) is 15.2 Å². The van der Waals surface area contributed by atoms with Crippen molar-refractivity contribution in [2.75, 3.05) is 0 Å². The summed E-state index contributed by atoms with van der Waals surface area (Å²) >= 11 is 1.74. The first kappa shape index (κ1) is 13.1. The average Bonchev–Trinajstić information content (AvgIpc) is 2.50. The van der Waals surface area contributed by atoms with E-state index >= 15 is 0 Å². The van der Waals surface area contributed by atoms with Gasteiger partial charge in [-0.3, -0.25) is 4.79 Å². The van der Waals surface area contributed by atoms with Crippen LogP contribution in [-0.2, 0) is 11.3 Å². The van der Waals surface area contributed by atoms with Gasteiger partial charge in [-0.1, -0.05) is 23.5 Å². The summed E-state index contributed by atoms with van der Waals surface area (Å²) in [6, 6.07) is 8.19. The number of primary amides is 1. The van der Waals surface area contributed by atoms with E-state index in [9.17, 15) is 4.79 Å². The fraction of sp³-hybridized carbons (Fsp3) is 0.273. The molecule has 0 radical (unpaired) electrons. The molecule has 86 valence electrons. The summed E-state index contributed by atoms with van der Waals surface area (Å²) < 4.78 is 3.39. The number of carbonyl (C=O) groups excluding carboxylic acids is 1. The van der Waals surface area contributed by atoms with Crippen LogP contribution in [0.3, 0.4) is 0 Å². The van der Waals surface area contributed by atoms with E-state index in [1.54, 1.807) is 11.3 Å². The number of amides is 1. The SMILES string of the molecule is Cc1sc2ccccc2[n+]1CCC(N)=O.[Br-]. The molecule has 0 fully saturated rings. The van der Waals surface area contributed by atoms with Crippen LogP contribution >= 0.6 is 11.3 Å². The van der Waals surface area contributed by atoms with Crippen LogP contribution in [0.15, 0.2) is 24.3 Å². The molecular formula is C11H13BrN2OS. The fourth-order valence-electron chi connectivity index (χ4n) is 1.65. The number of fused-ring (bicyclic) bond motifs is 1. The van der Waals surface area contributed by atoms with Crippen LogP contribution in [0.5, 0.6) is 0 Å². The Balaban J connectivity index is 0.00000128. The van der Waals surface area contributed by atoms with E-state index in [4.69, 9.17) is 5.73 Å². The second-order valence-electron chi connectivity index (χ2n) is 3.46. The van der Waals surface area contributed by atoms with Crippen LogP contribution in [0.2, 0.25) is 0 Å². The molecule has 0 saturated carbocycles. The molecule has 1 aromatic carbocycles. The van der Waals surface area contributed by atoms with Crippen molar-refractivity contribution in [1.82, 2.24) is 0 Å². The molecule has 2 rings (SSSR count). The molecule has 0 aliphatic heterocycles. The zero-order valence-electron chi connectivity index (χ0n) is 8.94. The highest BCUT2D eigenvalue weighted by Crippen LogP contribution is 2.19. The van der Waals surface area contributed by atoms with Crippen molar-refractivity contribution < 1.29 is 26.3 Å². The Morgan fingerprint density at radius 1 is 1.44 bits per heavy atom. The van der Waals surface area contributed by atoms with Gasteiger partial charge in [-0.05, 0) is 6.07 Å². The Labute approximate surface area is 109 Å². The summed E-state index contributed by atoms with van der Waals surface area (Å²) in [7, 11) is 0. The van der Waals surface area contributed by atoms with Gasteiger partial charge in [-0.2, -0.15) is 4.57 Å². The molecule has 5 heteroatoms. The molecule has 0 bridgehead atoms. The first-order valence-corrected chi connectivity index (χ1v) is 5.66. The van der Waals surface area contributed by atoms with Crippen LogP contribution in [0.1, 0.15) is 11.4 Å². The lowest BCUT2D eigenvalue weighted by Crippen LogP contribution is -3.00. The molecule has 0 aliphatic carbocycles. The Kier molecular flexibility index (Phi) is 4.44. The normalized spacial score (nSPS) is 10.1. The molecule has 2 N–H and O–H groups in total. The topological polar surface area (TPSA) is 47.0 Å². The number of nitrogens with two attached hydrogens (primary N) is 1. The maximum Gasteiger partial charge on any atom is 0.235 e. The lowest BCUT2D eigenvalue weighted by atomic mass is 10.3. The van der Waals surface area contributed by atoms with E-state index in [-0.39, 0.29) is 22.9 Å². The summed E-state index contributed by atoms with van der Waals surface area (Å²) in [6.45, 7) is 2.73.